The largest absolute Gasteiger partial charge is 0.454 e. The van der Waals surface area contributed by atoms with Gasteiger partial charge in [-0.1, -0.05) is 0 Å². The van der Waals surface area contributed by atoms with Crippen molar-refractivity contribution in [2.24, 2.45) is 0 Å². The first-order chi connectivity index (χ1) is 10.7. The highest BCUT2D eigenvalue weighted by Crippen LogP contribution is 2.36. The van der Waals surface area contributed by atoms with E-state index >= 15 is 0 Å². The molecular weight excluding hydrogens is 335 g/mol. The third kappa shape index (κ3) is 5.29. The van der Waals surface area contributed by atoms with E-state index in [1.165, 1.54) is 24.3 Å². The molecular formula is C12H10F3N5O2S. The molecule has 0 radical (unpaired) electrons. The molecule has 1 aromatic carbocycles. The van der Waals surface area contributed by atoms with Crippen LogP contribution >= 0.6 is 11.8 Å². The summed E-state index contributed by atoms with van der Waals surface area (Å²) in [6, 6.07) is 4.81. The maximum atomic E-state index is 12.2. The minimum atomic E-state index is -4.39. The third-order valence-corrected chi connectivity index (χ3v) is 3.11. The van der Waals surface area contributed by atoms with Crippen molar-refractivity contribution in [1.82, 2.24) is 15.0 Å². The van der Waals surface area contributed by atoms with Crippen molar-refractivity contribution in [3.63, 3.8) is 0 Å². The van der Waals surface area contributed by atoms with E-state index in [9.17, 15) is 18.0 Å². The van der Waals surface area contributed by atoms with Crippen LogP contribution in [0.5, 0.6) is 0 Å². The van der Waals surface area contributed by atoms with Gasteiger partial charge in [0.15, 0.2) is 12.4 Å². The fourth-order valence-electron chi connectivity index (χ4n) is 1.53. The van der Waals surface area contributed by atoms with Crippen molar-refractivity contribution in [2.45, 2.75) is 17.0 Å². The Hall–Kier alpha value is -2.56. The molecule has 0 saturated heterocycles. The van der Waals surface area contributed by atoms with Gasteiger partial charge in [0.2, 0.25) is 11.9 Å². The molecule has 0 saturated carbocycles. The average molecular weight is 345 g/mol. The van der Waals surface area contributed by atoms with Gasteiger partial charge in [-0.15, -0.1) is 0 Å². The molecule has 0 bridgehead atoms. The van der Waals surface area contributed by atoms with Crippen LogP contribution in [0.25, 0.3) is 0 Å². The number of anilines is 2. The first kappa shape index (κ1) is 16.8. The Bertz CT molecular complexity index is 689. The Morgan fingerprint density at radius 3 is 2.17 bits per heavy atom. The molecule has 2 aromatic rings. The van der Waals surface area contributed by atoms with Gasteiger partial charge in [0, 0.05) is 4.90 Å². The van der Waals surface area contributed by atoms with Crippen LogP contribution < -0.4 is 11.5 Å². The summed E-state index contributed by atoms with van der Waals surface area (Å²) < 4.78 is 41.6. The van der Waals surface area contributed by atoms with Crippen molar-refractivity contribution in [2.75, 3.05) is 11.5 Å². The van der Waals surface area contributed by atoms with Crippen LogP contribution in [0.4, 0.5) is 25.1 Å². The van der Waals surface area contributed by atoms with Crippen molar-refractivity contribution in [1.29, 1.82) is 0 Å². The van der Waals surface area contributed by atoms with Crippen molar-refractivity contribution in [3.8, 4) is 0 Å². The summed E-state index contributed by atoms with van der Waals surface area (Å²) in [6.45, 7) is -0.297. The van der Waals surface area contributed by atoms with E-state index in [0.717, 1.165) is 0 Å². The minimum Gasteiger partial charge on any atom is -0.454 e. The molecule has 0 aliphatic carbocycles. The Morgan fingerprint density at radius 2 is 1.65 bits per heavy atom. The molecule has 0 amide bonds. The van der Waals surface area contributed by atoms with Crippen LogP contribution in [0.1, 0.15) is 16.2 Å². The maximum absolute atomic E-state index is 12.2. The van der Waals surface area contributed by atoms with Crippen LogP contribution in [-0.2, 0) is 11.3 Å². The molecule has 11 heteroatoms. The van der Waals surface area contributed by atoms with Crippen LogP contribution in [-0.4, -0.2) is 26.4 Å². The lowest BCUT2D eigenvalue weighted by molar-refractivity contribution is -0.0328. The van der Waals surface area contributed by atoms with E-state index in [1.807, 2.05) is 0 Å². The van der Waals surface area contributed by atoms with Gasteiger partial charge in [0.05, 0.1) is 5.56 Å². The molecule has 7 nitrogen and oxygen atoms in total. The highest BCUT2D eigenvalue weighted by molar-refractivity contribution is 8.00. The summed E-state index contributed by atoms with van der Waals surface area (Å²) in [5.74, 6) is -0.909. The first-order valence-electron chi connectivity index (χ1n) is 6.02. The second kappa shape index (κ2) is 6.69. The van der Waals surface area contributed by atoms with E-state index in [0.29, 0.717) is 0 Å². The lowest BCUT2D eigenvalue weighted by Crippen LogP contribution is -2.11. The fraction of sp³-hybridized carbons (Fsp3) is 0.167. The number of aromatic nitrogens is 3. The molecule has 0 unspecified atom stereocenters. The smallest absolute Gasteiger partial charge is 0.446 e. The van der Waals surface area contributed by atoms with Crippen molar-refractivity contribution >= 4 is 29.6 Å². The molecule has 122 valence electrons. The number of rotatable bonds is 4. The second-order valence-electron chi connectivity index (χ2n) is 4.12. The summed E-state index contributed by atoms with van der Waals surface area (Å²) >= 11 is -0.272. The predicted octanol–water partition coefficient (Wildman–Crippen LogP) is 2.00. The highest BCUT2D eigenvalue weighted by Gasteiger charge is 2.29. The number of ether oxygens (including phenoxy) is 1. The van der Waals surface area contributed by atoms with Gasteiger partial charge < -0.3 is 16.2 Å². The standard InChI is InChI=1S/C12H10F3N5O2S/c13-12(14,15)23-7-3-1-6(2-4-7)9(21)22-5-8-18-10(16)20-11(17)19-8/h1-4H,5H2,(H4,16,17,18,19,20). The van der Waals surface area contributed by atoms with E-state index in [4.69, 9.17) is 16.2 Å². The molecule has 0 aliphatic heterocycles. The number of thioether (sulfide) groups is 1. The number of hydrogen-bond donors (Lipinski definition) is 2. The number of hydrogen-bond acceptors (Lipinski definition) is 8. The van der Waals surface area contributed by atoms with Crippen LogP contribution in [0.3, 0.4) is 0 Å². The Kier molecular flexibility index (Phi) is 4.89. The van der Waals surface area contributed by atoms with Crippen LogP contribution in [0.2, 0.25) is 0 Å². The Labute approximate surface area is 132 Å². The summed E-state index contributed by atoms with van der Waals surface area (Å²) in [4.78, 5) is 22.8. The van der Waals surface area contributed by atoms with Gasteiger partial charge in [0.1, 0.15) is 0 Å². The molecule has 23 heavy (non-hydrogen) atoms. The Balaban J connectivity index is 1.98. The SMILES string of the molecule is Nc1nc(N)nc(COC(=O)c2ccc(SC(F)(F)F)cc2)n1. The van der Waals surface area contributed by atoms with Crippen LogP contribution in [0, 0.1) is 0 Å². The van der Waals surface area contributed by atoms with Gasteiger partial charge in [-0.05, 0) is 36.0 Å². The number of carbonyl (C=O) groups is 1. The van der Waals surface area contributed by atoms with Gasteiger partial charge in [-0.2, -0.15) is 28.1 Å². The zero-order chi connectivity index (χ0) is 17.0. The summed E-state index contributed by atoms with van der Waals surface area (Å²) in [5, 5.41) is 0. The number of nitrogens with two attached hydrogens (primary N) is 2. The average Bonchev–Trinajstić information content (AvgIpc) is 2.43. The lowest BCUT2D eigenvalue weighted by atomic mass is 10.2. The topological polar surface area (TPSA) is 117 Å². The van der Waals surface area contributed by atoms with E-state index in [2.05, 4.69) is 15.0 Å². The maximum Gasteiger partial charge on any atom is 0.446 e. The predicted molar refractivity (Wildman–Crippen MR) is 76.1 cm³/mol. The van der Waals surface area contributed by atoms with Crippen molar-refractivity contribution in [3.05, 3.63) is 35.7 Å². The summed E-state index contributed by atoms with van der Waals surface area (Å²) in [7, 11) is 0. The molecule has 2 rings (SSSR count). The van der Waals surface area contributed by atoms with E-state index in [1.54, 1.807) is 0 Å². The molecule has 1 aromatic heterocycles. The number of benzene rings is 1. The molecule has 0 fully saturated rings. The van der Waals surface area contributed by atoms with E-state index < -0.39 is 11.5 Å². The number of carbonyl (C=O) groups excluding carboxylic acids is 1. The number of alkyl halides is 3. The van der Waals surface area contributed by atoms with Gasteiger partial charge in [-0.25, -0.2) is 4.79 Å². The van der Waals surface area contributed by atoms with Crippen molar-refractivity contribution < 1.29 is 22.7 Å². The summed E-state index contributed by atoms with van der Waals surface area (Å²) in [6.07, 6.45) is 0. The van der Waals surface area contributed by atoms with Gasteiger partial charge in [0.25, 0.3) is 0 Å². The summed E-state index contributed by atoms with van der Waals surface area (Å²) in [5.41, 5.74) is 6.44. The molecule has 4 N–H and O–H groups in total. The Morgan fingerprint density at radius 1 is 1.09 bits per heavy atom. The molecule has 1 heterocycles. The monoisotopic (exact) mass is 345 g/mol. The second-order valence-corrected chi connectivity index (χ2v) is 5.25. The number of halogens is 3. The zero-order valence-corrected chi connectivity index (χ0v) is 12.2. The fourth-order valence-corrected chi connectivity index (χ4v) is 2.07. The molecule has 0 aliphatic rings. The first-order valence-corrected chi connectivity index (χ1v) is 6.83. The third-order valence-electron chi connectivity index (χ3n) is 2.37. The number of nitrogen functional groups attached to an aromatic ring is 2. The minimum absolute atomic E-state index is 0.0351. The van der Waals surface area contributed by atoms with Gasteiger partial charge in [-0.3, -0.25) is 0 Å². The normalized spacial score (nSPS) is 11.3. The zero-order valence-electron chi connectivity index (χ0n) is 11.4. The molecule has 0 atom stereocenters. The number of esters is 1. The van der Waals surface area contributed by atoms with Gasteiger partial charge >= 0.3 is 11.5 Å². The quantitative estimate of drug-likeness (QED) is 0.638. The highest BCUT2D eigenvalue weighted by atomic mass is 32.2. The van der Waals surface area contributed by atoms with E-state index in [-0.39, 0.29) is 46.5 Å². The number of nitrogens with zero attached hydrogens (tertiary/aromatic N) is 3. The van der Waals surface area contributed by atoms with Crippen LogP contribution in [0.15, 0.2) is 29.2 Å². The lowest BCUT2D eigenvalue weighted by Gasteiger charge is -2.07. The molecule has 0 spiro atoms.